The van der Waals surface area contributed by atoms with Crippen LogP contribution < -0.4 is 10.6 Å². The fourth-order valence-electron chi connectivity index (χ4n) is 2.41. The maximum absolute atomic E-state index is 13.0. The van der Waals surface area contributed by atoms with Crippen molar-refractivity contribution in [2.45, 2.75) is 38.1 Å². The average Bonchev–Trinajstić information content (AvgIpc) is 2.44. The molecule has 0 saturated carbocycles. The van der Waals surface area contributed by atoms with Crippen LogP contribution in [0.3, 0.4) is 0 Å². The Morgan fingerprint density at radius 1 is 1.25 bits per heavy atom. The van der Waals surface area contributed by atoms with Crippen LogP contribution in [0.4, 0.5) is 8.78 Å². The molecule has 110 valence electrons. The molecule has 20 heavy (non-hydrogen) atoms. The molecule has 0 bridgehead atoms. The van der Waals surface area contributed by atoms with E-state index in [2.05, 4.69) is 10.6 Å². The molecule has 1 saturated heterocycles. The van der Waals surface area contributed by atoms with Crippen LogP contribution in [0.1, 0.15) is 31.2 Å². The zero-order chi connectivity index (χ0) is 14.4. The van der Waals surface area contributed by atoms with E-state index < -0.39 is 11.6 Å². The topological polar surface area (TPSA) is 41.1 Å². The van der Waals surface area contributed by atoms with Crippen LogP contribution in [0.2, 0.25) is 0 Å². The Balaban J connectivity index is 1.69. The van der Waals surface area contributed by atoms with E-state index in [-0.39, 0.29) is 11.9 Å². The fraction of sp³-hybridized carbons (Fsp3) is 0.533. The molecular formula is C15H20F2N2O. The molecule has 1 aromatic rings. The number of carbonyl (C=O) groups excluding carboxylic acids is 1. The summed E-state index contributed by atoms with van der Waals surface area (Å²) in [5.74, 6) is -1.63. The van der Waals surface area contributed by atoms with Gasteiger partial charge in [-0.05, 0) is 56.5 Å². The van der Waals surface area contributed by atoms with Crippen molar-refractivity contribution in [2.24, 2.45) is 0 Å². The van der Waals surface area contributed by atoms with E-state index >= 15 is 0 Å². The standard InChI is InChI=1S/C15H20F2N2O/c16-13-5-4-11(10-14(13)17)2-1-3-15(20)19-12-6-8-18-9-7-12/h4-5,10,12,18H,1-3,6-9H2,(H,19,20). The van der Waals surface area contributed by atoms with Gasteiger partial charge < -0.3 is 10.6 Å². The Hall–Kier alpha value is -1.49. The van der Waals surface area contributed by atoms with E-state index in [0.717, 1.165) is 37.6 Å². The highest BCUT2D eigenvalue weighted by atomic mass is 19.2. The van der Waals surface area contributed by atoms with Gasteiger partial charge in [0.05, 0.1) is 0 Å². The van der Waals surface area contributed by atoms with Gasteiger partial charge >= 0.3 is 0 Å². The van der Waals surface area contributed by atoms with Crippen LogP contribution in [0.5, 0.6) is 0 Å². The number of halogens is 2. The Kier molecular flexibility index (Phi) is 5.47. The lowest BCUT2D eigenvalue weighted by Gasteiger charge is -2.23. The molecule has 0 aromatic heterocycles. The van der Waals surface area contributed by atoms with Gasteiger partial charge in [-0.25, -0.2) is 8.78 Å². The summed E-state index contributed by atoms with van der Waals surface area (Å²) < 4.78 is 25.8. The number of carbonyl (C=O) groups is 1. The SMILES string of the molecule is O=C(CCCc1ccc(F)c(F)c1)NC1CCNCC1. The van der Waals surface area contributed by atoms with E-state index in [1.54, 1.807) is 6.07 Å². The summed E-state index contributed by atoms with van der Waals surface area (Å²) in [7, 11) is 0. The minimum Gasteiger partial charge on any atom is -0.353 e. The quantitative estimate of drug-likeness (QED) is 0.869. The van der Waals surface area contributed by atoms with E-state index in [1.807, 2.05) is 0 Å². The lowest BCUT2D eigenvalue weighted by Crippen LogP contribution is -2.42. The second-order valence-electron chi connectivity index (χ2n) is 5.19. The predicted octanol–water partition coefficient (Wildman–Crippen LogP) is 2.16. The number of aryl methyl sites for hydroxylation is 1. The molecule has 0 aliphatic carbocycles. The molecule has 0 radical (unpaired) electrons. The second kappa shape index (κ2) is 7.33. The molecular weight excluding hydrogens is 262 g/mol. The Morgan fingerprint density at radius 2 is 2.00 bits per heavy atom. The molecule has 3 nitrogen and oxygen atoms in total. The molecule has 0 atom stereocenters. The van der Waals surface area contributed by atoms with Crippen molar-refractivity contribution in [1.29, 1.82) is 0 Å². The van der Waals surface area contributed by atoms with Crippen molar-refractivity contribution in [3.63, 3.8) is 0 Å². The zero-order valence-corrected chi connectivity index (χ0v) is 11.4. The van der Waals surface area contributed by atoms with Crippen molar-refractivity contribution >= 4 is 5.91 Å². The molecule has 1 amide bonds. The van der Waals surface area contributed by atoms with Crippen molar-refractivity contribution in [1.82, 2.24) is 10.6 Å². The van der Waals surface area contributed by atoms with Gasteiger partial charge in [-0.15, -0.1) is 0 Å². The monoisotopic (exact) mass is 282 g/mol. The molecule has 1 aliphatic heterocycles. The van der Waals surface area contributed by atoms with Crippen LogP contribution in [-0.4, -0.2) is 25.0 Å². The highest BCUT2D eigenvalue weighted by molar-refractivity contribution is 5.76. The van der Waals surface area contributed by atoms with Gasteiger partial charge in [0.15, 0.2) is 11.6 Å². The van der Waals surface area contributed by atoms with E-state index in [4.69, 9.17) is 0 Å². The highest BCUT2D eigenvalue weighted by Gasteiger charge is 2.14. The first kappa shape index (κ1) is 14.9. The third-order valence-electron chi connectivity index (χ3n) is 3.56. The number of amides is 1. The number of nitrogens with one attached hydrogen (secondary N) is 2. The third kappa shape index (κ3) is 4.56. The van der Waals surface area contributed by atoms with Crippen molar-refractivity contribution in [3.05, 3.63) is 35.4 Å². The molecule has 1 aliphatic rings. The molecule has 2 rings (SSSR count). The van der Waals surface area contributed by atoms with Gasteiger partial charge in [0, 0.05) is 12.5 Å². The van der Waals surface area contributed by atoms with Gasteiger partial charge in [0.2, 0.25) is 5.91 Å². The fourth-order valence-corrected chi connectivity index (χ4v) is 2.41. The van der Waals surface area contributed by atoms with Crippen LogP contribution in [0, 0.1) is 11.6 Å². The maximum atomic E-state index is 13.0. The molecule has 0 unspecified atom stereocenters. The van der Waals surface area contributed by atoms with Gasteiger partial charge in [-0.3, -0.25) is 4.79 Å². The Bertz CT molecular complexity index is 459. The van der Waals surface area contributed by atoms with Crippen LogP contribution in [-0.2, 0) is 11.2 Å². The van der Waals surface area contributed by atoms with Gasteiger partial charge in [-0.2, -0.15) is 0 Å². The van der Waals surface area contributed by atoms with Crippen LogP contribution in [0.25, 0.3) is 0 Å². The van der Waals surface area contributed by atoms with Crippen molar-refractivity contribution < 1.29 is 13.6 Å². The summed E-state index contributed by atoms with van der Waals surface area (Å²) >= 11 is 0. The summed E-state index contributed by atoms with van der Waals surface area (Å²) in [6.07, 6.45) is 3.57. The number of benzene rings is 1. The summed E-state index contributed by atoms with van der Waals surface area (Å²) in [4.78, 5) is 11.8. The van der Waals surface area contributed by atoms with Crippen LogP contribution >= 0.6 is 0 Å². The molecule has 1 heterocycles. The van der Waals surface area contributed by atoms with E-state index in [0.29, 0.717) is 19.3 Å². The van der Waals surface area contributed by atoms with Crippen molar-refractivity contribution in [3.8, 4) is 0 Å². The van der Waals surface area contributed by atoms with Gasteiger partial charge in [0.25, 0.3) is 0 Å². The largest absolute Gasteiger partial charge is 0.353 e. The minimum absolute atomic E-state index is 0.0412. The molecule has 1 fully saturated rings. The average molecular weight is 282 g/mol. The van der Waals surface area contributed by atoms with Crippen LogP contribution in [0.15, 0.2) is 18.2 Å². The lowest BCUT2D eigenvalue weighted by molar-refractivity contribution is -0.122. The molecule has 0 spiro atoms. The molecule has 2 N–H and O–H groups in total. The number of hydrogen-bond donors (Lipinski definition) is 2. The minimum atomic E-state index is -0.836. The van der Waals surface area contributed by atoms with Gasteiger partial charge in [0.1, 0.15) is 0 Å². The van der Waals surface area contributed by atoms with E-state index in [9.17, 15) is 13.6 Å². The Labute approximate surface area is 117 Å². The number of hydrogen-bond acceptors (Lipinski definition) is 2. The summed E-state index contributed by atoms with van der Waals surface area (Å²) in [5, 5.41) is 6.26. The van der Waals surface area contributed by atoms with Gasteiger partial charge in [-0.1, -0.05) is 6.07 Å². The Morgan fingerprint density at radius 3 is 2.70 bits per heavy atom. The summed E-state index contributed by atoms with van der Waals surface area (Å²) in [5.41, 5.74) is 0.721. The third-order valence-corrected chi connectivity index (χ3v) is 3.56. The first-order valence-electron chi connectivity index (χ1n) is 7.09. The second-order valence-corrected chi connectivity index (χ2v) is 5.19. The summed E-state index contributed by atoms with van der Waals surface area (Å²) in [6, 6.07) is 4.15. The number of piperidine rings is 1. The highest BCUT2D eigenvalue weighted by Crippen LogP contribution is 2.11. The first-order valence-corrected chi connectivity index (χ1v) is 7.09. The van der Waals surface area contributed by atoms with E-state index in [1.165, 1.54) is 6.07 Å². The lowest BCUT2D eigenvalue weighted by atomic mass is 10.1. The molecule has 5 heteroatoms. The number of rotatable bonds is 5. The predicted molar refractivity (Wildman–Crippen MR) is 73.3 cm³/mol. The smallest absolute Gasteiger partial charge is 0.220 e. The first-order chi connectivity index (χ1) is 9.65. The summed E-state index contributed by atoms with van der Waals surface area (Å²) in [6.45, 7) is 1.89. The maximum Gasteiger partial charge on any atom is 0.220 e. The normalized spacial score (nSPS) is 16.1. The zero-order valence-electron chi connectivity index (χ0n) is 11.4. The molecule has 1 aromatic carbocycles. The van der Waals surface area contributed by atoms with Crippen molar-refractivity contribution in [2.75, 3.05) is 13.1 Å².